The Bertz CT molecular complexity index is 690. The maximum atomic E-state index is 12.7. The summed E-state index contributed by atoms with van der Waals surface area (Å²) in [5.41, 5.74) is -0.545. The first-order chi connectivity index (χ1) is 11.4. The van der Waals surface area contributed by atoms with E-state index in [9.17, 15) is 19.7 Å². The number of carbonyl (C=O) groups is 1. The number of hydrogen-bond donors (Lipinski definition) is 1. The van der Waals surface area contributed by atoms with Gasteiger partial charge in [0.25, 0.3) is 5.91 Å². The minimum atomic E-state index is -2.32. The molecular weight excluding hydrogens is 362 g/mol. The third-order valence-corrected chi connectivity index (χ3v) is 8.99. The Labute approximate surface area is 153 Å². The number of hydrogen-bond acceptors (Lipinski definition) is 5. The molecule has 1 N–H and O–H groups in total. The fraction of sp³-hybridized carbons (Fsp3) is 0.625. The molecule has 1 atom stereocenters. The van der Waals surface area contributed by atoms with Crippen LogP contribution in [0.25, 0.3) is 0 Å². The molecule has 1 aliphatic rings. The molecule has 1 fully saturated rings. The van der Waals surface area contributed by atoms with E-state index in [1.54, 1.807) is 4.90 Å². The molecule has 0 radical (unpaired) electrons. The van der Waals surface area contributed by atoms with Crippen molar-refractivity contribution in [1.82, 2.24) is 9.88 Å². The normalized spacial score (nSPS) is 18.5. The zero-order valence-electron chi connectivity index (χ0n) is 15.0. The van der Waals surface area contributed by atoms with E-state index in [1.165, 1.54) is 6.20 Å². The van der Waals surface area contributed by atoms with Gasteiger partial charge >= 0.3 is 5.69 Å². The monoisotopic (exact) mass is 385 g/mol. The summed E-state index contributed by atoms with van der Waals surface area (Å²) in [4.78, 5) is 39.1. The Morgan fingerprint density at radius 1 is 1.56 bits per heavy atom. The van der Waals surface area contributed by atoms with Crippen LogP contribution < -0.4 is 0 Å². The van der Waals surface area contributed by atoms with Crippen LogP contribution in [0.1, 0.15) is 37.2 Å². The molecule has 2 heterocycles. The lowest BCUT2D eigenvalue weighted by Gasteiger charge is -2.37. The van der Waals surface area contributed by atoms with E-state index in [0.29, 0.717) is 13.1 Å². The van der Waals surface area contributed by atoms with Gasteiger partial charge in [0.15, 0.2) is 8.32 Å². The van der Waals surface area contributed by atoms with Gasteiger partial charge in [0.1, 0.15) is 0 Å². The SMILES string of the molecule is CC(C)(CC1CCN(C(=O)c2ncc(Cl)cc2[N+](=O)[O-])C1)[Si](C)(C)O. The molecule has 0 bridgehead atoms. The summed E-state index contributed by atoms with van der Waals surface area (Å²) in [7, 11) is -2.32. The highest BCUT2D eigenvalue weighted by Crippen LogP contribution is 2.43. The Hall–Kier alpha value is -1.51. The molecule has 1 saturated heterocycles. The number of carbonyl (C=O) groups excluding carboxylic acids is 1. The molecule has 1 unspecified atom stereocenters. The minimum Gasteiger partial charge on any atom is -0.432 e. The number of amides is 1. The molecule has 1 aromatic rings. The largest absolute Gasteiger partial charge is 0.432 e. The van der Waals surface area contributed by atoms with E-state index in [4.69, 9.17) is 11.6 Å². The van der Waals surface area contributed by atoms with Crippen LogP contribution in [0.4, 0.5) is 5.69 Å². The predicted octanol–water partition coefficient (Wildman–Crippen LogP) is 3.47. The molecule has 0 spiro atoms. The lowest BCUT2D eigenvalue weighted by molar-refractivity contribution is -0.385. The van der Waals surface area contributed by atoms with Gasteiger partial charge in [-0.1, -0.05) is 25.4 Å². The summed E-state index contributed by atoms with van der Waals surface area (Å²) < 4.78 is 0. The summed E-state index contributed by atoms with van der Waals surface area (Å²) in [6.07, 6.45) is 2.89. The van der Waals surface area contributed by atoms with E-state index in [0.717, 1.165) is 18.9 Å². The molecule has 7 nitrogen and oxygen atoms in total. The van der Waals surface area contributed by atoms with Gasteiger partial charge in [-0.25, -0.2) is 4.98 Å². The maximum absolute atomic E-state index is 12.7. The average Bonchev–Trinajstić information content (AvgIpc) is 2.93. The molecule has 0 saturated carbocycles. The van der Waals surface area contributed by atoms with Gasteiger partial charge in [-0.15, -0.1) is 0 Å². The van der Waals surface area contributed by atoms with Crippen molar-refractivity contribution < 1.29 is 14.5 Å². The van der Waals surface area contributed by atoms with Crippen LogP contribution in [-0.2, 0) is 0 Å². The second kappa shape index (κ2) is 7.01. The topological polar surface area (TPSA) is 96.6 Å². The summed E-state index contributed by atoms with van der Waals surface area (Å²) in [6, 6.07) is 1.15. The van der Waals surface area contributed by atoms with Crippen LogP contribution in [0.2, 0.25) is 23.2 Å². The van der Waals surface area contributed by atoms with Crippen molar-refractivity contribution in [2.45, 2.75) is 44.8 Å². The van der Waals surface area contributed by atoms with Crippen molar-refractivity contribution in [3.05, 3.63) is 33.1 Å². The van der Waals surface area contributed by atoms with Crippen molar-refractivity contribution in [2.24, 2.45) is 5.92 Å². The van der Waals surface area contributed by atoms with Crippen LogP contribution in [-0.4, -0.2) is 46.9 Å². The van der Waals surface area contributed by atoms with Crippen molar-refractivity contribution in [2.75, 3.05) is 13.1 Å². The summed E-state index contributed by atoms with van der Waals surface area (Å²) >= 11 is 5.75. The van der Waals surface area contributed by atoms with Gasteiger partial charge in [-0.2, -0.15) is 0 Å². The number of rotatable bonds is 5. The molecule has 25 heavy (non-hydrogen) atoms. The third-order valence-electron chi connectivity index (χ3n) is 5.26. The second-order valence-electron chi connectivity index (χ2n) is 7.83. The molecule has 0 aromatic carbocycles. The summed E-state index contributed by atoms with van der Waals surface area (Å²) in [6.45, 7) is 9.03. The van der Waals surface area contributed by atoms with Gasteiger partial charge in [0.2, 0.25) is 5.69 Å². The Morgan fingerprint density at radius 2 is 2.20 bits per heavy atom. The molecule has 1 aromatic heterocycles. The number of nitrogens with zero attached hydrogens (tertiary/aromatic N) is 3. The lowest BCUT2D eigenvalue weighted by atomic mass is 9.95. The highest BCUT2D eigenvalue weighted by molar-refractivity contribution is 6.72. The highest BCUT2D eigenvalue weighted by atomic mass is 35.5. The van der Waals surface area contributed by atoms with Gasteiger partial charge in [-0.05, 0) is 36.9 Å². The molecule has 9 heteroatoms. The quantitative estimate of drug-likeness (QED) is 0.475. The minimum absolute atomic E-state index is 0.124. The average molecular weight is 386 g/mol. The van der Waals surface area contributed by atoms with Crippen molar-refractivity contribution >= 4 is 31.5 Å². The van der Waals surface area contributed by atoms with Crippen molar-refractivity contribution in [3.63, 3.8) is 0 Å². The third kappa shape index (κ3) is 4.37. The zero-order chi connectivity index (χ0) is 19.0. The smallest absolute Gasteiger partial charge is 0.302 e. The fourth-order valence-corrected chi connectivity index (χ4v) is 3.98. The standard InChI is InChI=1S/C16H24ClN3O4Si/c1-16(2,25(3,4)24)8-11-5-6-19(10-11)15(21)14-13(20(22)23)7-12(17)9-18-14/h7,9,11,24H,5-6,8,10H2,1-4H3. The molecule has 1 amide bonds. The summed E-state index contributed by atoms with van der Waals surface area (Å²) in [5, 5.41) is 11.1. The molecular formula is C16H24ClN3O4Si. The van der Waals surface area contributed by atoms with Gasteiger partial charge in [0.05, 0.1) is 9.95 Å². The van der Waals surface area contributed by atoms with Gasteiger partial charge < -0.3 is 9.70 Å². The van der Waals surface area contributed by atoms with E-state index in [1.807, 2.05) is 13.1 Å². The second-order valence-corrected chi connectivity index (χ2v) is 12.7. The molecule has 1 aliphatic heterocycles. The van der Waals surface area contributed by atoms with E-state index in [2.05, 4.69) is 18.8 Å². The molecule has 0 aliphatic carbocycles. The lowest BCUT2D eigenvalue weighted by Crippen LogP contribution is -2.40. The number of pyridine rings is 1. The number of likely N-dealkylation sites (tertiary alicyclic amines) is 1. The van der Waals surface area contributed by atoms with Crippen LogP contribution in [0.15, 0.2) is 12.3 Å². The van der Waals surface area contributed by atoms with Gasteiger partial charge in [0, 0.05) is 25.4 Å². The summed E-state index contributed by atoms with van der Waals surface area (Å²) in [5.74, 6) is -0.173. The Morgan fingerprint density at radius 3 is 2.76 bits per heavy atom. The first kappa shape index (κ1) is 19.8. The number of nitro groups is 1. The van der Waals surface area contributed by atoms with Crippen LogP contribution in [0.3, 0.4) is 0 Å². The molecule has 138 valence electrons. The van der Waals surface area contributed by atoms with Crippen LogP contribution >= 0.6 is 11.6 Å². The first-order valence-corrected chi connectivity index (χ1v) is 11.6. The van der Waals surface area contributed by atoms with Crippen LogP contribution in [0.5, 0.6) is 0 Å². The van der Waals surface area contributed by atoms with Crippen molar-refractivity contribution in [1.29, 1.82) is 0 Å². The zero-order valence-corrected chi connectivity index (χ0v) is 16.7. The van der Waals surface area contributed by atoms with Crippen LogP contribution in [0, 0.1) is 16.0 Å². The fourth-order valence-electron chi connectivity index (χ4n) is 3.04. The number of aromatic nitrogens is 1. The maximum Gasteiger partial charge on any atom is 0.302 e. The number of halogens is 1. The molecule has 2 rings (SSSR count). The Kier molecular flexibility index (Phi) is 5.55. The highest BCUT2D eigenvalue weighted by Gasteiger charge is 2.41. The Balaban J connectivity index is 2.13. The van der Waals surface area contributed by atoms with E-state index >= 15 is 0 Å². The predicted molar refractivity (Wildman–Crippen MR) is 98.3 cm³/mol. The van der Waals surface area contributed by atoms with Crippen molar-refractivity contribution in [3.8, 4) is 0 Å². The first-order valence-electron chi connectivity index (χ1n) is 8.24. The van der Waals surface area contributed by atoms with E-state index in [-0.39, 0.29) is 27.4 Å². The van der Waals surface area contributed by atoms with E-state index < -0.39 is 19.1 Å². The van der Waals surface area contributed by atoms with Gasteiger partial charge in [-0.3, -0.25) is 14.9 Å².